The maximum Gasteiger partial charge on any atom is 0.255 e. The van der Waals surface area contributed by atoms with E-state index in [1.54, 1.807) is 4.90 Å². The van der Waals surface area contributed by atoms with E-state index in [1.807, 2.05) is 48.5 Å². The van der Waals surface area contributed by atoms with Crippen molar-refractivity contribution in [3.63, 3.8) is 0 Å². The van der Waals surface area contributed by atoms with E-state index in [0.29, 0.717) is 23.7 Å². The Morgan fingerprint density at radius 3 is 2.74 bits per heavy atom. The maximum absolute atomic E-state index is 13.6. The third-order valence-electron chi connectivity index (χ3n) is 5.94. The first-order chi connectivity index (χ1) is 15.1. The van der Waals surface area contributed by atoms with Gasteiger partial charge in [0, 0.05) is 23.5 Å². The second-order valence-electron chi connectivity index (χ2n) is 7.95. The van der Waals surface area contributed by atoms with Gasteiger partial charge in [0.15, 0.2) is 0 Å². The van der Waals surface area contributed by atoms with Crippen LogP contribution in [0.5, 0.6) is 0 Å². The number of para-hydroxylation sites is 1. The van der Waals surface area contributed by atoms with E-state index in [1.165, 1.54) is 0 Å². The first-order valence-corrected chi connectivity index (χ1v) is 10.9. The summed E-state index contributed by atoms with van der Waals surface area (Å²) in [4.78, 5) is 32.1. The Bertz CT molecular complexity index is 1230. The number of carbonyl (C=O) groups excluding carboxylic acids is 2. The van der Waals surface area contributed by atoms with Gasteiger partial charge in [0.2, 0.25) is 5.91 Å². The lowest BCUT2D eigenvalue weighted by molar-refractivity contribution is -0.123. The zero-order valence-corrected chi connectivity index (χ0v) is 17.8. The molecule has 2 aliphatic rings. The highest BCUT2D eigenvalue weighted by molar-refractivity contribution is 6.32. The number of allylic oxidation sites excluding steroid dienone is 1. The molecule has 3 aromatic rings. The standard InChI is InChI=1S/C25H22ClN3O2/c26-20-10-3-1-6-16(20)14-17-7-5-9-19-23(25(31)29-13-12-27-22(30)15-29)18-8-2-4-11-21(18)28-24(17)19/h1-4,6,8,10-11,14H,5,7,9,12-13,15H2,(H,27,30). The number of rotatable bonds is 2. The van der Waals surface area contributed by atoms with Gasteiger partial charge in [-0.05, 0) is 54.2 Å². The smallest absolute Gasteiger partial charge is 0.255 e. The Kier molecular flexibility index (Phi) is 5.20. The summed E-state index contributed by atoms with van der Waals surface area (Å²) in [5.74, 6) is -0.213. The van der Waals surface area contributed by atoms with Crippen LogP contribution < -0.4 is 5.32 Å². The normalized spacial score (nSPS) is 17.5. The molecular formula is C25H22ClN3O2. The highest BCUT2D eigenvalue weighted by atomic mass is 35.5. The zero-order valence-electron chi connectivity index (χ0n) is 17.0. The fourth-order valence-electron chi connectivity index (χ4n) is 4.47. The van der Waals surface area contributed by atoms with E-state index in [0.717, 1.165) is 52.6 Å². The molecule has 2 aromatic carbocycles. The summed E-state index contributed by atoms with van der Waals surface area (Å²) in [6, 6.07) is 15.5. The number of aromatic nitrogens is 1. The minimum absolute atomic E-state index is 0.0899. The quantitative estimate of drug-likeness (QED) is 0.656. The highest BCUT2D eigenvalue weighted by Gasteiger charge is 2.29. The lowest BCUT2D eigenvalue weighted by Gasteiger charge is -2.29. The van der Waals surface area contributed by atoms with Gasteiger partial charge in [0.25, 0.3) is 5.91 Å². The van der Waals surface area contributed by atoms with Gasteiger partial charge in [-0.3, -0.25) is 9.59 Å². The van der Waals surface area contributed by atoms with Crippen molar-refractivity contribution in [3.8, 4) is 0 Å². The van der Waals surface area contributed by atoms with E-state index >= 15 is 0 Å². The molecule has 5 rings (SSSR count). The summed E-state index contributed by atoms with van der Waals surface area (Å²) >= 11 is 6.40. The Morgan fingerprint density at radius 1 is 1.10 bits per heavy atom. The van der Waals surface area contributed by atoms with Gasteiger partial charge >= 0.3 is 0 Å². The maximum atomic E-state index is 13.6. The van der Waals surface area contributed by atoms with Gasteiger partial charge in [0.05, 0.1) is 23.3 Å². The molecule has 2 amide bonds. The molecule has 31 heavy (non-hydrogen) atoms. The van der Waals surface area contributed by atoms with Gasteiger partial charge in [-0.15, -0.1) is 0 Å². The Hall–Kier alpha value is -3.18. The number of carbonyl (C=O) groups is 2. The van der Waals surface area contributed by atoms with Crippen molar-refractivity contribution < 1.29 is 9.59 Å². The molecule has 1 fully saturated rings. The van der Waals surface area contributed by atoms with Crippen molar-refractivity contribution >= 4 is 46.0 Å². The molecule has 0 unspecified atom stereocenters. The number of benzene rings is 2. The van der Waals surface area contributed by atoms with Crippen LogP contribution in [-0.2, 0) is 11.2 Å². The highest BCUT2D eigenvalue weighted by Crippen LogP contribution is 2.37. The Labute approximate surface area is 185 Å². The lowest BCUT2D eigenvalue weighted by atomic mass is 9.85. The number of piperazine rings is 1. The van der Waals surface area contributed by atoms with Crippen molar-refractivity contribution in [1.82, 2.24) is 15.2 Å². The fraction of sp³-hybridized carbons (Fsp3) is 0.240. The minimum atomic E-state index is -0.119. The number of halogens is 1. The summed E-state index contributed by atoms with van der Waals surface area (Å²) in [6.45, 7) is 1.08. The largest absolute Gasteiger partial charge is 0.353 e. The molecule has 156 valence electrons. The van der Waals surface area contributed by atoms with Crippen LogP contribution in [-0.4, -0.2) is 41.3 Å². The molecule has 1 aliphatic carbocycles. The molecule has 1 N–H and O–H groups in total. The first-order valence-electron chi connectivity index (χ1n) is 10.5. The predicted octanol–water partition coefficient (Wildman–Crippen LogP) is 4.34. The number of amides is 2. The van der Waals surface area contributed by atoms with Crippen LogP contribution in [0, 0.1) is 0 Å². The van der Waals surface area contributed by atoms with E-state index in [9.17, 15) is 9.59 Å². The SMILES string of the molecule is O=C1CN(C(=O)c2c3c(nc4ccccc24)C(=Cc2ccccc2Cl)CCC3)CCN1. The number of hydrogen-bond donors (Lipinski definition) is 1. The zero-order chi connectivity index (χ0) is 21.4. The van der Waals surface area contributed by atoms with Crippen LogP contribution in [0.2, 0.25) is 5.02 Å². The van der Waals surface area contributed by atoms with Crippen LogP contribution in [0.15, 0.2) is 48.5 Å². The second kappa shape index (κ2) is 8.16. The summed E-state index contributed by atoms with van der Waals surface area (Å²) in [5, 5.41) is 4.33. The molecule has 5 nitrogen and oxygen atoms in total. The van der Waals surface area contributed by atoms with Crippen molar-refractivity contribution in [2.24, 2.45) is 0 Å². The van der Waals surface area contributed by atoms with Crippen molar-refractivity contribution in [1.29, 1.82) is 0 Å². The molecule has 0 saturated carbocycles. The number of nitrogens with zero attached hydrogens (tertiary/aromatic N) is 2. The van der Waals surface area contributed by atoms with E-state index in [4.69, 9.17) is 16.6 Å². The number of pyridine rings is 1. The van der Waals surface area contributed by atoms with Crippen LogP contribution in [0.1, 0.15) is 40.0 Å². The summed E-state index contributed by atoms with van der Waals surface area (Å²) in [6.07, 6.45) is 4.69. The van der Waals surface area contributed by atoms with E-state index in [-0.39, 0.29) is 18.4 Å². The van der Waals surface area contributed by atoms with Gasteiger partial charge in [-0.25, -0.2) is 4.98 Å². The van der Waals surface area contributed by atoms with E-state index < -0.39 is 0 Å². The molecule has 1 aromatic heterocycles. The molecule has 0 spiro atoms. The molecule has 1 saturated heterocycles. The lowest BCUT2D eigenvalue weighted by Crippen LogP contribution is -2.50. The minimum Gasteiger partial charge on any atom is -0.353 e. The molecule has 6 heteroatoms. The van der Waals surface area contributed by atoms with Crippen LogP contribution in [0.4, 0.5) is 0 Å². The van der Waals surface area contributed by atoms with E-state index in [2.05, 4.69) is 11.4 Å². The van der Waals surface area contributed by atoms with Crippen LogP contribution >= 0.6 is 11.6 Å². The van der Waals surface area contributed by atoms with Gasteiger partial charge in [-0.2, -0.15) is 0 Å². The van der Waals surface area contributed by atoms with Gasteiger partial charge in [-0.1, -0.05) is 48.0 Å². The Morgan fingerprint density at radius 2 is 1.90 bits per heavy atom. The summed E-state index contributed by atoms with van der Waals surface area (Å²) in [5.41, 5.74) is 5.35. The molecule has 2 heterocycles. The predicted molar refractivity (Wildman–Crippen MR) is 123 cm³/mol. The fourth-order valence-corrected chi connectivity index (χ4v) is 4.66. The molecular weight excluding hydrogens is 410 g/mol. The molecule has 0 radical (unpaired) electrons. The number of nitrogens with one attached hydrogen (secondary N) is 1. The average Bonchev–Trinajstić information content (AvgIpc) is 2.79. The van der Waals surface area contributed by atoms with Crippen LogP contribution in [0.25, 0.3) is 22.6 Å². The Balaban J connectivity index is 1.69. The van der Waals surface area contributed by atoms with Crippen molar-refractivity contribution in [2.75, 3.05) is 19.6 Å². The van der Waals surface area contributed by atoms with Crippen LogP contribution in [0.3, 0.4) is 0 Å². The molecule has 1 aliphatic heterocycles. The number of hydrogen-bond acceptors (Lipinski definition) is 3. The topological polar surface area (TPSA) is 62.3 Å². The van der Waals surface area contributed by atoms with Gasteiger partial charge < -0.3 is 10.2 Å². The third kappa shape index (κ3) is 3.70. The summed E-state index contributed by atoms with van der Waals surface area (Å²) in [7, 11) is 0. The monoisotopic (exact) mass is 431 g/mol. The second-order valence-corrected chi connectivity index (χ2v) is 8.36. The van der Waals surface area contributed by atoms with Gasteiger partial charge in [0.1, 0.15) is 0 Å². The average molecular weight is 432 g/mol. The van der Waals surface area contributed by atoms with Crippen molar-refractivity contribution in [2.45, 2.75) is 19.3 Å². The molecule has 0 atom stereocenters. The number of fused-ring (bicyclic) bond motifs is 2. The van der Waals surface area contributed by atoms with Crippen molar-refractivity contribution in [3.05, 3.63) is 75.9 Å². The third-order valence-corrected chi connectivity index (χ3v) is 6.29. The summed E-state index contributed by atoms with van der Waals surface area (Å²) < 4.78 is 0. The molecule has 0 bridgehead atoms. The first kappa shape index (κ1) is 19.8.